The van der Waals surface area contributed by atoms with E-state index in [1.807, 2.05) is 6.07 Å². The van der Waals surface area contributed by atoms with Crippen molar-refractivity contribution in [1.82, 2.24) is 4.98 Å². The van der Waals surface area contributed by atoms with E-state index in [4.69, 9.17) is 17.3 Å². The Balaban J connectivity index is 1.89. The third-order valence-electron chi connectivity index (χ3n) is 4.13. The van der Waals surface area contributed by atoms with Crippen LogP contribution in [0.15, 0.2) is 23.3 Å². The number of aromatic nitrogens is 1. The van der Waals surface area contributed by atoms with Crippen LogP contribution in [0.1, 0.15) is 37.7 Å². The summed E-state index contributed by atoms with van der Waals surface area (Å²) in [5.41, 5.74) is 6.82. The molecule has 4 nitrogen and oxygen atoms in total. The number of hydrogen-bond acceptors (Lipinski definition) is 2. The van der Waals surface area contributed by atoms with Crippen LogP contribution in [0.4, 0.5) is 0 Å². The van der Waals surface area contributed by atoms with Gasteiger partial charge in [0, 0.05) is 12.1 Å². The molecule has 1 heterocycles. The number of nitrogens with two attached hydrogens (primary N) is 1. The number of carbonyl (C=O) groups excluding carboxylic acids is 1. The van der Waals surface area contributed by atoms with Gasteiger partial charge in [0.1, 0.15) is 11.0 Å². The first-order valence-corrected chi connectivity index (χ1v) is 7.00. The van der Waals surface area contributed by atoms with Crippen molar-refractivity contribution in [3.63, 3.8) is 0 Å². The molecule has 2 aliphatic rings. The second kappa shape index (κ2) is 4.60. The maximum Gasteiger partial charge on any atom is 0.250 e. The lowest BCUT2D eigenvalue weighted by Crippen LogP contribution is -2.47. The number of amides is 1. The van der Waals surface area contributed by atoms with Gasteiger partial charge < -0.3 is 5.73 Å². The fourth-order valence-electron chi connectivity index (χ4n) is 2.53. The molecule has 2 N–H and O–H groups in total. The number of amidine groups is 1. The van der Waals surface area contributed by atoms with Gasteiger partial charge in [-0.3, -0.25) is 4.79 Å². The molecule has 0 unspecified atom stereocenters. The van der Waals surface area contributed by atoms with Crippen LogP contribution in [0.5, 0.6) is 0 Å². The highest BCUT2D eigenvalue weighted by Gasteiger charge is 2.43. The van der Waals surface area contributed by atoms with Crippen molar-refractivity contribution in [2.75, 3.05) is 0 Å². The van der Waals surface area contributed by atoms with Gasteiger partial charge in [-0.2, -0.15) is 4.99 Å². The Morgan fingerprint density at radius 2 is 2.16 bits per heavy atom. The summed E-state index contributed by atoms with van der Waals surface area (Å²) < 4.78 is 0. The van der Waals surface area contributed by atoms with Gasteiger partial charge in [0.25, 0.3) is 0 Å². The standard InChI is InChI=1S/C14H16ClN3O/c15-11-5-4-10(8-17-11)14(6-1-7-14)13(16)18-12(19)9-2-3-9/h4-5,8-9H,1-3,6-7H2,(H2,16,18,19). The maximum atomic E-state index is 11.8. The van der Waals surface area contributed by atoms with Gasteiger partial charge in [-0.15, -0.1) is 0 Å². The molecule has 5 heteroatoms. The smallest absolute Gasteiger partial charge is 0.250 e. The van der Waals surface area contributed by atoms with E-state index in [0.717, 1.165) is 37.7 Å². The second-order valence-electron chi connectivity index (χ2n) is 5.41. The van der Waals surface area contributed by atoms with Gasteiger partial charge in [-0.05, 0) is 37.3 Å². The Kier molecular flexibility index (Phi) is 3.05. The van der Waals surface area contributed by atoms with Gasteiger partial charge in [0.05, 0.1) is 5.41 Å². The predicted octanol–water partition coefficient (Wildman–Crippen LogP) is 2.45. The largest absolute Gasteiger partial charge is 0.386 e. The number of pyridine rings is 1. The Hall–Kier alpha value is -1.42. The Morgan fingerprint density at radius 1 is 1.42 bits per heavy atom. The van der Waals surface area contributed by atoms with E-state index in [1.165, 1.54) is 0 Å². The highest BCUT2D eigenvalue weighted by atomic mass is 35.5. The summed E-state index contributed by atoms with van der Waals surface area (Å²) in [6.07, 6.45) is 6.57. The summed E-state index contributed by atoms with van der Waals surface area (Å²) in [7, 11) is 0. The molecule has 1 amide bonds. The lowest BCUT2D eigenvalue weighted by molar-refractivity contribution is -0.118. The number of nitrogens with zero attached hydrogens (tertiary/aromatic N) is 2. The first kappa shape index (κ1) is 12.6. The summed E-state index contributed by atoms with van der Waals surface area (Å²) >= 11 is 5.81. The van der Waals surface area contributed by atoms with E-state index in [2.05, 4.69) is 9.98 Å². The zero-order valence-electron chi connectivity index (χ0n) is 10.6. The van der Waals surface area contributed by atoms with Crippen LogP contribution < -0.4 is 5.73 Å². The number of aliphatic imine (C=N–C) groups is 1. The first-order valence-electron chi connectivity index (χ1n) is 6.62. The Labute approximate surface area is 117 Å². The number of rotatable bonds is 3. The minimum atomic E-state index is -0.303. The van der Waals surface area contributed by atoms with E-state index in [9.17, 15) is 4.79 Å². The van der Waals surface area contributed by atoms with Gasteiger partial charge in [-0.1, -0.05) is 24.1 Å². The van der Waals surface area contributed by atoms with E-state index in [0.29, 0.717) is 11.0 Å². The van der Waals surface area contributed by atoms with Gasteiger partial charge in [0.2, 0.25) is 5.91 Å². The molecule has 0 saturated heterocycles. The Bertz CT molecular complexity index is 530. The van der Waals surface area contributed by atoms with E-state index < -0.39 is 0 Å². The van der Waals surface area contributed by atoms with Crippen molar-refractivity contribution in [2.45, 2.75) is 37.5 Å². The van der Waals surface area contributed by atoms with Crippen LogP contribution in [0.25, 0.3) is 0 Å². The molecule has 0 spiro atoms. The first-order chi connectivity index (χ1) is 9.12. The van der Waals surface area contributed by atoms with Crippen molar-refractivity contribution in [3.05, 3.63) is 29.0 Å². The maximum absolute atomic E-state index is 11.8. The van der Waals surface area contributed by atoms with E-state index in [-0.39, 0.29) is 17.2 Å². The van der Waals surface area contributed by atoms with Gasteiger partial charge >= 0.3 is 0 Å². The minimum absolute atomic E-state index is 0.0642. The highest BCUT2D eigenvalue weighted by molar-refractivity contribution is 6.29. The van der Waals surface area contributed by atoms with E-state index >= 15 is 0 Å². The second-order valence-corrected chi connectivity index (χ2v) is 5.80. The molecule has 0 aliphatic heterocycles. The predicted molar refractivity (Wildman–Crippen MR) is 74.1 cm³/mol. The quantitative estimate of drug-likeness (QED) is 0.524. The third kappa shape index (κ3) is 2.25. The Morgan fingerprint density at radius 3 is 2.63 bits per heavy atom. The van der Waals surface area contributed by atoms with E-state index in [1.54, 1.807) is 12.3 Å². The van der Waals surface area contributed by atoms with Crippen molar-refractivity contribution in [1.29, 1.82) is 0 Å². The molecule has 2 aliphatic carbocycles. The summed E-state index contributed by atoms with van der Waals surface area (Å²) in [6.45, 7) is 0. The molecule has 2 fully saturated rings. The zero-order valence-corrected chi connectivity index (χ0v) is 11.4. The molecule has 3 rings (SSSR count). The molecule has 0 atom stereocenters. The minimum Gasteiger partial charge on any atom is -0.386 e. The third-order valence-corrected chi connectivity index (χ3v) is 4.36. The highest BCUT2D eigenvalue weighted by Crippen LogP contribution is 2.44. The lowest BCUT2D eigenvalue weighted by atomic mass is 9.64. The van der Waals surface area contributed by atoms with Crippen LogP contribution >= 0.6 is 11.6 Å². The molecule has 0 bridgehead atoms. The van der Waals surface area contributed by atoms with Gasteiger partial charge in [0.15, 0.2) is 0 Å². The van der Waals surface area contributed by atoms with Crippen molar-refractivity contribution in [2.24, 2.45) is 16.6 Å². The fraction of sp³-hybridized carbons (Fsp3) is 0.500. The number of hydrogen-bond donors (Lipinski definition) is 1. The molecule has 2 saturated carbocycles. The lowest BCUT2D eigenvalue weighted by Gasteiger charge is -2.41. The molecule has 1 aromatic heterocycles. The normalized spacial score (nSPS) is 21.8. The molecule has 19 heavy (non-hydrogen) atoms. The number of halogens is 1. The van der Waals surface area contributed by atoms with Gasteiger partial charge in [-0.25, -0.2) is 4.98 Å². The average Bonchev–Trinajstić information content (AvgIpc) is 3.14. The summed E-state index contributed by atoms with van der Waals surface area (Å²) in [4.78, 5) is 20.0. The molecular formula is C14H16ClN3O. The monoisotopic (exact) mass is 277 g/mol. The van der Waals surface area contributed by atoms with Crippen LogP contribution in [0.2, 0.25) is 5.15 Å². The van der Waals surface area contributed by atoms with Crippen LogP contribution in [0, 0.1) is 5.92 Å². The molecule has 0 aromatic carbocycles. The number of carbonyl (C=O) groups is 1. The van der Waals surface area contributed by atoms with Crippen molar-refractivity contribution < 1.29 is 4.79 Å². The van der Waals surface area contributed by atoms with Crippen molar-refractivity contribution >= 4 is 23.3 Å². The summed E-state index contributed by atoms with van der Waals surface area (Å²) in [5, 5.41) is 0.461. The summed E-state index contributed by atoms with van der Waals surface area (Å²) in [6, 6.07) is 3.69. The van der Waals surface area contributed by atoms with Crippen LogP contribution in [0.3, 0.4) is 0 Å². The van der Waals surface area contributed by atoms with Crippen LogP contribution in [-0.4, -0.2) is 16.7 Å². The van der Waals surface area contributed by atoms with Crippen molar-refractivity contribution in [3.8, 4) is 0 Å². The summed E-state index contributed by atoms with van der Waals surface area (Å²) in [5.74, 6) is 0.490. The average molecular weight is 278 g/mol. The zero-order chi connectivity index (χ0) is 13.5. The molecule has 0 radical (unpaired) electrons. The fourth-order valence-corrected chi connectivity index (χ4v) is 2.64. The van der Waals surface area contributed by atoms with Crippen LogP contribution in [-0.2, 0) is 10.2 Å². The molecule has 100 valence electrons. The molecular weight excluding hydrogens is 262 g/mol. The SMILES string of the molecule is NC(=NC(=O)C1CC1)C1(c2ccc(Cl)nc2)CCC1. The topological polar surface area (TPSA) is 68.3 Å². The molecule has 1 aromatic rings.